The van der Waals surface area contributed by atoms with E-state index in [9.17, 15) is 4.79 Å². The SMILES string of the molecule is CN(C)CCCNC(=O)NNCc1ccccn1.Cl. The van der Waals surface area contributed by atoms with Gasteiger partial charge in [-0.3, -0.25) is 10.4 Å². The maximum absolute atomic E-state index is 11.4. The van der Waals surface area contributed by atoms with E-state index >= 15 is 0 Å². The number of halogens is 1. The molecule has 0 atom stereocenters. The Morgan fingerprint density at radius 3 is 2.79 bits per heavy atom. The van der Waals surface area contributed by atoms with Crippen LogP contribution in [0.2, 0.25) is 0 Å². The van der Waals surface area contributed by atoms with Crippen molar-refractivity contribution in [3.05, 3.63) is 30.1 Å². The summed E-state index contributed by atoms with van der Waals surface area (Å²) in [4.78, 5) is 17.6. The fourth-order valence-corrected chi connectivity index (χ4v) is 1.36. The van der Waals surface area contributed by atoms with Crippen LogP contribution < -0.4 is 16.2 Å². The largest absolute Gasteiger partial charge is 0.337 e. The maximum atomic E-state index is 11.4. The first-order valence-electron chi connectivity index (χ1n) is 6.00. The van der Waals surface area contributed by atoms with Crippen LogP contribution in [0.15, 0.2) is 24.4 Å². The van der Waals surface area contributed by atoms with Gasteiger partial charge < -0.3 is 10.2 Å². The molecule has 1 heterocycles. The molecule has 19 heavy (non-hydrogen) atoms. The number of pyridine rings is 1. The number of hydrogen-bond donors (Lipinski definition) is 3. The average molecular weight is 288 g/mol. The second kappa shape index (κ2) is 10.5. The minimum Gasteiger partial charge on any atom is -0.337 e. The topological polar surface area (TPSA) is 69.3 Å². The van der Waals surface area contributed by atoms with Crippen molar-refractivity contribution in [2.24, 2.45) is 0 Å². The van der Waals surface area contributed by atoms with Crippen LogP contribution in [0.5, 0.6) is 0 Å². The van der Waals surface area contributed by atoms with E-state index < -0.39 is 0 Å². The Balaban J connectivity index is 0.00000324. The summed E-state index contributed by atoms with van der Waals surface area (Å²) in [7, 11) is 4.02. The van der Waals surface area contributed by atoms with Crippen LogP contribution in [0.25, 0.3) is 0 Å². The molecule has 0 aromatic carbocycles. The van der Waals surface area contributed by atoms with E-state index in [1.54, 1.807) is 6.20 Å². The van der Waals surface area contributed by atoms with Crippen molar-refractivity contribution in [3.63, 3.8) is 0 Å². The highest BCUT2D eigenvalue weighted by Gasteiger charge is 1.99. The standard InChI is InChI=1S/C12H21N5O.ClH/c1-17(2)9-5-8-14-12(18)16-15-10-11-6-3-4-7-13-11;/h3-4,6-7,15H,5,8-10H2,1-2H3,(H2,14,16,18);1H. The lowest BCUT2D eigenvalue weighted by Crippen LogP contribution is -2.44. The Kier molecular flexibility index (Phi) is 9.78. The third kappa shape index (κ3) is 9.24. The molecule has 0 saturated carbocycles. The first kappa shape index (κ1) is 17.6. The average Bonchev–Trinajstić information content (AvgIpc) is 2.36. The number of hydrazine groups is 1. The van der Waals surface area contributed by atoms with Crippen LogP contribution in [0, 0.1) is 0 Å². The van der Waals surface area contributed by atoms with Gasteiger partial charge in [0, 0.05) is 12.7 Å². The molecule has 1 aromatic heterocycles. The quantitative estimate of drug-likeness (QED) is 0.512. The van der Waals surface area contributed by atoms with Crippen LogP contribution in [0.1, 0.15) is 12.1 Å². The lowest BCUT2D eigenvalue weighted by atomic mass is 10.4. The monoisotopic (exact) mass is 287 g/mol. The molecule has 1 aromatic rings. The molecular weight excluding hydrogens is 266 g/mol. The van der Waals surface area contributed by atoms with Crippen LogP contribution in [-0.2, 0) is 6.54 Å². The number of nitrogens with one attached hydrogen (secondary N) is 3. The van der Waals surface area contributed by atoms with Gasteiger partial charge in [-0.1, -0.05) is 6.07 Å². The van der Waals surface area contributed by atoms with E-state index in [1.807, 2.05) is 32.3 Å². The Morgan fingerprint density at radius 2 is 2.16 bits per heavy atom. The summed E-state index contributed by atoms with van der Waals surface area (Å²) < 4.78 is 0. The molecule has 1 rings (SSSR count). The number of hydrogen-bond acceptors (Lipinski definition) is 4. The van der Waals surface area contributed by atoms with Crippen molar-refractivity contribution >= 4 is 18.4 Å². The van der Waals surface area contributed by atoms with Crippen LogP contribution in [-0.4, -0.2) is 43.1 Å². The van der Waals surface area contributed by atoms with E-state index in [4.69, 9.17) is 0 Å². The van der Waals surface area contributed by atoms with E-state index in [0.717, 1.165) is 18.7 Å². The number of rotatable bonds is 7. The zero-order chi connectivity index (χ0) is 13.2. The van der Waals surface area contributed by atoms with Gasteiger partial charge in [0.1, 0.15) is 0 Å². The van der Waals surface area contributed by atoms with Crippen molar-refractivity contribution in [1.29, 1.82) is 0 Å². The van der Waals surface area contributed by atoms with Gasteiger partial charge in [0.05, 0.1) is 12.2 Å². The van der Waals surface area contributed by atoms with Gasteiger partial charge in [-0.15, -0.1) is 12.4 Å². The molecule has 7 heteroatoms. The third-order valence-corrected chi connectivity index (χ3v) is 2.27. The van der Waals surface area contributed by atoms with E-state index in [-0.39, 0.29) is 18.4 Å². The molecular formula is C12H22ClN5O. The van der Waals surface area contributed by atoms with E-state index in [0.29, 0.717) is 13.1 Å². The normalized spacial score (nSPS) is 9.84. The lowest BCUT2D eigenvalue weighted by molar-refractivity contribution is 0.235. The van der Waals surface area contributed by atoms with Gasteiger partial charge in [0.15, 0.2) is 0 Å². The summed E-state index contributed by atoms with van der Waals surface area (Å²) in [6.07, 6.45) is 2.65. The molecule has 0 spiro atoms. The summed E-state index contributed by atoms with van der Waals surface area (Å²) in [5.74, 6) is 0. The number of amides is 2. The van der Waals surface area contributed by atoms with Crippen molar-refractivity contribution in [1.82, 2.24) is 26.1 Å². The van der Waals surface area contributed by atoms with Crippen molar-refractivity contribution in [2.45, 2.75) is 13.0 Å². The zero-order valence-electron chi connectivity index (χ0n) is 11.3. The molecule has 6 nitrogen and oxygen atoms in total. The Hall–Kier alpha value is -1.37. The molecule has 2 amide bonds. The second-order valence-electron chi connectivity index (χ2n) is 4.21. The van der Waals surface area contributed by atoms with Gasteiger partial charge >= 0.3 is 6.03 Å². The molecule has 0 bridgehead atoms. The Bertz CT molecular complexity index is 347. The van der Waals surface area contributed by atoms with Crippen molar-refractivity contribution < 1.29 is 4.79 Å². The second-order valence-corrected chi connectivity index (χ2v) is 4.21. The van der Waals surface area contributed by atoms with Crippen LogP contribution in [0.4, 0.5) is 4.79 Å². The fraction of sp³-hybridized carbons (Fsp3) is 0.500. The summed E-state index contributed by atoms with van der Waals surface area (Å²) >= 11 is 0. The Labute approximate surface area is 120 Å². The molecule has 3 N–H and O–H groups in total. The van der Waals surface area contributed by atoms with Crippen molar-refractivity contribution in [3.8, 4) is 0 Å². The molecule has 0 aliphatic carbocycles. The number of carbonyl (C=O) groups excluding carboxylic acids is 1. The highest BCUT2D eigenvalue weighted by Crippen LogP contribution is 1.90. The molecule has 0 fully saturated rings. The van der Waals surface area contributed by atoms with E-state index in [2.05, 4.69) is 26.1 Å². The predicted molar refractivity (Wildman–Crippen MR) is 78.0 cm³/mol. The fourth-order valence-electron chi connectivity index (χ4n) is 1.36. The van der Waals surface area contributed by atoms with Gasteiger partial charge in [-0.25, -0.2) is 10.2 Å². The first-order chi connectivity index (χ1) is 8.68. The number of carbonyl (C=O) groups is 1. The molecule has 0 saturated heterocycles. The van der Waals surface area contributed by atoms with Crippen LogP contribution >= 0.6 is 12.4 Å². The van der Waals surface area contributed by atoms with Gasteiger partial charge in [0.2, 0.25) is 0 Å². The highest BCUT2D eigenvalue weighted by atomic mass is 35.5. The van der Waals surface area contributed by atoms with E-state index in [1.165, 1.54) is 0 Å². The first-order valence-corrected chi connectivity index (χ1v) is 6.00. The molecule has 0 aliphatic rings. The summed E-state index contributed by atoms with van der Waals surface area (Å²) in [6, 6.07) is 5.44. The zero-order valence-corrected chi connectivity index (χ0v) is 12.2. The molecule has 0 aliphatic heterocycles. The number of urea groups is 1. The van der Waals surface area contributed by atoms with Gasteiger partial charge in [0.25, 0.3) is 0 Å². The number of nitrogens with zero attached hydrogens (tertiary/aromatic N) is 2. The third-order valence-electron chi connectivity index (χ3n) is 2.27. The maximum Gasteiger partial charge on any atom is 0.329 e. The summed E-state index contributed by atoms with van der Waals surface area (Å²) in [6.45, 7) is 2.13. The van der Waals surface area contributed by atoms with Crippen LogP contribution in [0.3, 0.4) is 0 Å². The summed E-state index contributed by atoms with van der Waals surface area (Å²) in [5, 5.41) is 2.76. The summed E-state index contributed by atoms with van der Waals surface area (Å²) in [5.41, 5.74) is 6.26. The molecule has 0 unspecified atom stereocenters. The molecule has 0 radical (unpaired) electrons. The number of aromatic nitrogens is 1. The minimum atomic E-state index is -0.218. The Morgan fingerprint density at radius 1 is 1.37 bits per heavy atom. The smallest absolute Gasteiger partial charge is 0.329 e. The lowest BCUT2D eigenvalue weighted by Gasteiger charge is -2.11. The predicted octanol–water partition coefficient (Wildman–Crippen LogP) is 0.759. The van der Waals surface area contributed by atoms with Gasteiger partial charge in [-0.2, -0.15) is 0 Å². The van der Waals surface area contributed by atoms with Crippen molar-refractivity contribution in [2.75, 3.05) is 27.2 Å². The molecule has 108 valence electrons. The minimum absolute atomic E-state index is 0. The highest BCUT2D eigenvalue weighted by molar-refractivity contribution is 5.85. The van der Waals surface area contributed by atoms with Gasteiger partial charge in [-0.05, 0) is 39.2 Å².